The lowest BCUT2D eigenvalue weighted by molar-refractivity contribution is 0.0696. The minimum atomic E-state index is -1.15. The third-order valence-electron chi connectivity index (χ3n) is 5.75. The van der Waals surface area contributed by atoms with Crippen molar-refractivity contribution in [3.63, 3.8) is 0 Å². The monoisotopic (exact) mass is 465 g/mol. The molecule has 3 aromatic rings. The number of fused-ring (bicyclic) bond motifs is 2. The summed E-state index contributed by atoms with van der Waals surface area (Å²) < 4.78 is 17.1. The predicted octanol–water partition coefficient (Wildman–Crippen LogP) is 3.43. The van der Waals surface area contributed by atoms with Gasteiger partial charge in [0.2, 0.25) is 0 Å². The van der Waals surface area contributed by atoms with Crippen molar-refractivity contribution in [3.05, 3.63) is 53.2 Å². The molecular weight excluding hydrogens is 438 g/mol. The van der Waals surface area contributed by atoms with Crippen molar-refractivity contribution in [2.24, 2.45) is 5.92 Å². The highest BCUT2D eigenvalue weighted by molar-refractivity contribution is 6.06. The van der Waals surface area contributed by atoms with Crippen LogP contribution in [0.1, 0.15) is 40.3 Å². The summed E-state index contributed by atoms with van der Waals surface area (Å²) in [6.07, 6.45) is 0. The van der Waals surface area contributed by atoms with Crippen LogP contribution in [0.2, 0.25) is 0 Å². The molecule has 1 amide bonds. The van der Waals surface area contributed by atoms with Gasteiger partial charge in [0.25, 0.3) is 5.91 Å². The van der Waals surface area contributed by atoms with Gasteiger partial charge in [0.1, 0.15) is 31.1 Å². The number of nitrogens with two attached hydrogens (primary N) is 1. The topological polar surface area (TPSA) is 133 Å². The van der Waals surface area contributed by atoms with Gasteiger partial charge in [0, 0.05) is 5.56 Å². The van der Waals surface area contributed by atoms with E-state index in [0.717, 1.165) is 0 Å². The molecule has 4 rings (SSSR count). The number of rotatable bonds is 7. The van der Waals surface area contributed by atoms with Crippen molar-refractivity contribution in [2.75, 3.05) is 25.6 Å². The molecule has 0 saturated carbocycles. The molecular formula is C25H27N3O6. The van der Waals surface area contributed by atoms with E-state index in [1.807, 2.05) is 13.8 Å². The first-order valence-corrected chi connectivity index (χ1v) is 11.0. The highest BCUT2D eigenvalue weighted by atomic mass is 16.6. The number of carbonyl (C=O) groups excluding carboxylic acids is 1. The number of anilines is 1. The summed E-state index contributed by atoms with van der Waals surface area (Å²) >= 11 is 0. The fourth-order valence-corrected chi connectivity index (χ4v) is 3.85. The zero-order chi connectivity index (χ0) is 24.4. The Bertz CT molecular complexity index is 1260. The molecule has 9 nitrogen and oxygen atoms in total. The van der Waals surface area contributed by atoms with Crippen molar-refractivity contribution in [3.8, 4) is 17.2 Å². The number of ether oxygens (including phenoxy) is 3. The second-order valence-corrected chi connectivity index (χ2v) is 8.43. The molecule has 1 atom stereocenters. The minimum absolute atomic E-state index is 0.0455. The van der Waals surface area contributed by atoms with E-state index in [4.69, 9.17) is 19.9 Å². The number of nitrogen functional groups attached to an aromatic ring is 1. The van der Waals surface area contributed by atoms with Crippen molar-refractivity contribution < 1.29 is 28.9 Å². The van der Waals surface area contributed by atoms with Crippen LogP contribution < -0.4 is 25.3 Å². The summed E-state index contributed by atoms with van der Waals surface area (Å²) in [4.78, 5) is 29.0. The summed E-state index contributed by atoms with van der Waals surface area (Å²) in [6, 6.07) is 9.97. The molecule has 0 aliphatic carbocycles. The Morgan fingerprint density at radius 3 is 2.62 bits per heavy atom. The maximum absolute atomic E-state index is 12.9. The molecule has 0 bridgehead atoms. The molecule has 1 aromatic heterocycles. The highest BCUT2D eigenvalue weighted by Crippen LogP contribution is 2.34. The minimum Gasteiger partial charge on any atom is -0.491 e. The van der Waals surface area contributed by atoms with Gasteiger partial charge in [0.15, 0.2) is 11.5 Å². The van der Waals surface area contributed by atoms with Gasteiger partial charge < -0.3 is 30.4 Å². The summed E-state index contributed by atoms with van der Waals surface area (Å²) in [7, 11) is 0. The fourth-order valence-electron chi connectivity index (χ4n) is 3.85. The van der Waals surface area contributed by atoms with Gasteiger partial charge in [-0.1, -0.05) is 19.9 Å². The molecule has 178 valence electrons. The van der Waals surface area contributed by atoms with E-state index in [0.29, 0.717) is 52.6 Å². The summed E-state index contributed by atoms with van der Waals surface area (Å²) in [5.74, 6) is 0.213. The lowest BCUT2D eigenvalue weighted by atomic mass is 10.0. The van der Waals surface area contributed by atoms with Crippen LogP contribution in [-0.2, 0) is 0 Å². The molecule has 4 N–H and O–H groups in total. The summed E-state index contributed by atoms with van der Waals surface area (Å²) in [5.41, 5.74) is 7.59. The molecule has 34 heavy (non-hydrogen) atoms. The Labute approximate surface area is 196 Å². The van der Waals surface area contributed by atoms with Crippen LogP contribution >= 0.6 is 0 Å². The van der Waals surface area contributed by atoms with Gasteiger partial charge in [0.05, 0.1) is 28.3 Å². The number of carbonyl (C=O) groups is 2. The van der Waals surface area contributed by atoms with Crippen LogP contribution in [0.5, 0.6) is 17.2 Å². The molecule has 1 aliphatic heterocycles. The third-order valence-corrected chi connectivity index (χ3v) is 5.75. The number of carboxylic acid groups (broad SMARTS) is 1. The van der Waals surface area contributed by atoms with Crippen LogP contribution in [0.15, 0.2) is 36.4 Å². The van der Waals surface area contributed by atoms with Crippen molar-refractivity contribution in [1.82, 2.24) is 10.3 Å². The lowest BCUT2D eigenvalue weighted by Crippen LogP contribution is -2.42. The van der Waals surface area contributed by atoms with Gasteiger partial charge in [-0.2, -0.15) is 0 Å². The molecule has 0 unspecified atom stereocenters. The Kier molecular flexibility index (Phi) is 6.45. The van der Waals surface area contributed by atoms with Crippen molar-refractivity contribution in [1.29, 1.82) is 0 Å². The molecule has 2 aromatic carbocycles. The van der Waals surface area contributed by atoms with E-state index in [2.05, 4.69) is 10.3 Å². The number of hydrogen-bond donors (Lipinski definition) is 3. The molecule has 0 spiro atoms. The number of benzene rings is 2. The first-order valence-electron chi connectivity index (χ1n) is 11.0. The van der Waals surface area contributed by atoms with Gasteiger partial charge >= 0.3 is 5.97 Å². The van der Waals surface area contributed by atoms with E-state index in [9.17, 15) is 14.7 Å². The van der Waals surface area contributed by atoms with Crippen LogP contribution in [-0.4, -0.2) is 47.8 Å². The van der Waals surface area contributed by atoms with Crippen LogP contribution in [0.3, 0.4) is 0 Å². The van der Waals surface area contributed by atoms with Crippen LogP contribution in [0.25, 0.3) is 10.9 Å². The number of aryl methyl sites for hydroxylation is 1. The Morgan fingerprint density at radius 1 is 1.18 bits per heavy atom. The maximum Gasteiger partial charge on any atom is 0.339 e. The van der Waals surface area contributed by atoms with Gasteiger partial charge in [-0.3, -0.25) is 9.78 Å². The Balaban J connectivity index is 1.55. The number of hydrogen-bond acceptors (Lipinski definition) is 7. The molecule has 2 heterocycles. The maximum atomic E-state index is 12.9. The SMILES string of the molecule is Cc1nc2cccc(OC[C@@H](NC(=O)c3ccc4c(c3)OCCO4)C(C)C)c2c(N)c1C(=O)O. The van der Waals surface area contributed by atoms with E-state index < -0.39 is 5.97 Å². The zero-order valence-corrected chi connectivity index (χ0v) is 19.3. The molecule has 9 heteroatoms. The lowest BCUT2D eigenvalue weighted by Gasteiger charge is -2.24. The standard InChI is InChI=1S/C25H27N3O6/c1-13(2)17(28-24(29)15-7-8-18-20(11-15)33-10-9-32-18)12-34-19-6-4-5-16-22(19)23(26)21(25(30)31)14(3)27-16/h4-8,11,13,17H,9-10,12H2,1-3H3,(H2,26,27)(H,28,29)(H,30,31)/t17-/m1/s1. The van der Waals surface area contributed by atoms with Gasteiger partial charge in [-0.15, -0.1) is 0 Å². The normalized spacial score (nSPS) is 13.5. The molecule has 0 saturated heterocycles. The second-order valence-electron chi connectivity index (χ2n) is 8.43. The van der Waals surface area contributed by atoms with Crippen LogP contribution in [0, 0.1) is 12.8 Å². The first kappa shape index (κ1) is 23.2. The Hall–Kier alpha value is -4.01. The van der Waals surface area contributed by atoms with Crippen LogP contribution in [0.4, 0.5) is 5.69 Å². The second kappa shape index (κ2) is 9.46. The van der Waals surface area contributed by atoms with Gasteiger partial charge in [-0.05, 0) is 43.2 Å². The number of nitrogens with zero attached hydrogens (tertiary/aromatic N) is 1. The number of pyridine rings is 1. The summed E-state index contributed by atoms with van der Waals surface area (Å²) in [6.45, 7) is 6.63. The first-order chi connectivity index (χ1) is 16.3. The third kappa shape index (κ3) is 4.54. The number of amides is 1. The average Bonchev–Trinajstić information content (AvgIpc) is 2.80. The smallest absolute Gasteiger partial charge is 0.339 e. The zero-order valence-electron chi connectivity index (χ0n) is 19.3. The summed E-state index contributed by atoms with van der Waals surface area (Å²) in [5, 5.41) is 13.0. The van der Waals surface area contributed by atoms with E-state index in [-0.39, 0.29) is 35.7 Å². The van der Waals surface area contributed by atoms with E-state index in [1.165, 1.54) is 0 Å². The fraction of sp³-hybridized carbons (Fsp3) is 0.320. The number of carboxylic acids is 1. The highest BCUT2D eigenvalue weighted by Gasteiger charge is 2.22. The molecule has 0 fully saturated rings. The average molecular weight is 466 g/mol. The van der Waals surface area contributed by atoms with E-state index in [1.54, 1.807) is 43.3 Å². The number of aromatic nitrogens is 1. The van der Waals surface area contributed by atoms with Crippen molar-refractivity contribution in [2.45, 2.75) is 26.8 Å². The predicted molar refractivity (Wildman–Crippen MR) is 127 cm³/mol. The molecule has 1 aliphatic rings. The number of aromatic carboxylic acids is 1. The number of nitrogens with one attached hydrogen (secondary N) is 1. The Morgan fingerprint density at radius 2 is 1.91 bits per heavy atom. The van der Waals surface area contributed by atoms with Crippen molar-refractivity contribution >= 4 is 28.5 Å². The van der Waals surface area contributed by atoms with E-state index >= 15 is 0 Å². The quantitative estimate of drug-likeness (QED) is 0.483. The largest absolute Gasteiger partial charge is 0.491 e. The van der Waals surface area contributed by atoms with Gasteiger partial charge in [-0.25, -0.2) is 4.79 Å². The molecule has 0 radical (unpaired) electrons.